The van der Waals surface area contributed by atoms with Gasteiger partial charge in [0.15, 0.2) is 5.82 Å². The molecule has 1 aromatic rings. The van der Waals surface area contributed by atoms with Crippen molar-refractivity contribution in [3.05, 3.63) is 16.1 Å². The second-order valence-electron chi connectivity index (χ2n) is 3.72. The number of halogens is 2. The predicted octanol–water partition coefficient (Wildman–Crippen LogP) is 1.90. The van der Waals surface area contributed by atoms with Gasteiger partial charge in [0.25, 0.3) is 0 Å². The third kappa shape index (κ3) is 2.93. The molecule has 0 saturated carbocycles. The Kier molecular flexibility index (Phi) is 4.28. The summed E-state index contributed by atoms with van der Waals surface area (Å²) < 4.78 is 5.39. The maximum atomic E-state index is 6.15. The highest BCUT2D eigenvalue weighted by Crippen LogP contribution is 2.31. The van der Waals surface area contributed by atoms with Crippen LogP contribution in [-0.4, -0.2) is 31.3 Å². The highest BCUT2D eigenvalue weighted by atomic mass is 35.5. The molecular weight excluding hydrogens is 263 g/mol. The zero-order valence-corrected chi connectivity index (χ0v) is 10.8. The van der Waals surface area contributed by atoms with Gasteiger partial charge in [0.2, 0.25) is 0 Å². The van der Waals surface area contributed by atoms with E-state index < -0.39 is 0 Å². The molecule has 94 valence electrons. The summed E-state index contributed by atoms with van der Waals surface area (Å²) in [6.07, 6.45) is 0.950. The monoisotopic (exact) mass is 276 g/mol. The number of hydrogen-bond donors (Lipinski definition) is 2. The minimum Gasteiger partial charge on any atom is -0.380 e. The van der Waals surface area contributed by atoms with Crippen LogP contribution >= 0.6 is 23.2 Å². The zero-order valence-electron chi connectivity index (χ0n) is 9.25. The van der Waals surface area contributed by atoms with Crippen LogP contribution in [0.3, 0.4) is 0 Å². The fraction of sp³-hybridized carbons (Fsp3) is 0.500. The van der Waals surface area contributed by atoms with Crippen molar-refractivity contribution in [2.75, 3.05) is 36.6 Å². The second-order valence-corrected chi connectivity index (χ2v) is 4.54. The highest BCUT2D eigenvalue weighted by Gasteiger charge is 2.16. The molecule has 1 aliphatic rings. The van der Waals surface area contributed by atoms with Crippen molar-refractivity contribution in [3.63, 3.8) is 0 Å². The number of anilines is 2. The zero-order chi connectivity index (χ0) is 12.3. The molecule has 0 amide bonds. The van der Waals surface area contributed by atoms with Crippen molar-refractivity contribution in [1.82, 2.24) is 4.98 Å². The lowest BCUT2D eigenvalue weighted by Crippen LogP contribution is -2.27. The first-order valence-corrected chi connectivity index (χ1v) is 6.13. The van der Waals surface area contributed by atoms with Crippen LogP contribution in [0.5, 0.6) is 0 Å². The lowest BCUT2D eigenvalue weighted by molar-refractivity contribution is 0.152. The first-order chi connectivity index (χ1) is 8.22. The van der Waals surface area contributed by atoms with E-state index in [1.54, 1.807) is 6.07 Å². The molecule has 2 heterocycles. The molecule has 2 rings (SSSR count). The van der Waals surface area contributed by atoms with Gasteiger partial charge in [0, 0.05) is 19.7 Å². The van der Waals surface area contributed by atoms with E-state index in [1.807, 2.05) is 0 Å². The molecular formula is C10H14Cl2N4O. The number of aromatic nitrogens is 1. The average molecular weight is 277 g/mol. The molecule has 0 radical (unpaired) electrons. The number of nitrogens with two attached hydrogens (primary N) is 1. The average Bonchev–Trinajstić information content (AvgIpc) is 2.58. The highest BCUT2D eigenvalue weighted by molar-refractivity contribution is 6.37. The molecule has 0 unspecified atom stereocenters. The standard InChI is InChI=1S/C10H14Cl2N4O/c11-7-6-8(12)10(14-9(7)15-13)16-2-1-4-17-5-3-16/h6H,1-5,13H2,(H,14,15). The maximum Gasteiger partial charge on any atom is 0.161 e. The van der Waals surface area contributed by atoms with E-state index in [1.165, 1.54) is 0 Å². The molecule has 5 nitrogen and oxygen atoms in total. The molecule has 0 atom stereocenters. The number of hydrazine groups is 1. The van der Waals surface area contributed by atoms with Gasteiger partial charge >= 0.3 is 0 Å². The van der Waals surface area contributed by atoms with E-state index in [2.05, 4.69) is 15.3 Å². The number of nitrogens with one attached hydrogen (secondary N) is 1. The van der Waals surface area contributed by atoms with Gasteiger partial charge in [-0.25, -0.2) is 10.8 Å². The molecule has 0 aromatic carbocycles. The molecule has 7 heteroatoms. The van der Waals surface area contributed by atoms with Crippen molar-refractivity contribution >= 4 is 34.8 Å². The predicted molar refractivity (Wildman–Crippen MR) is 69.7 cm³/mol. The van der Waals surface area contributed by atoms with E-state index in [0.29, 0.717) is 28.3 Å². The largest absolute Gasteiger partial charge is 0.380 e. The van der Waals surface area contributed by atoms with E-state index in [9.17, 15) is 0 Å². The summed E-state index contributed by atoms with van der Waals surface area (Å²) in [4.78, 5) is 6.40. The number of ether oxygens (including phenoxy) is 1. The Hall–Kier alpha value is -0.750. The number of rotatable bonds is 2. The smallest absolute Gasteiger partial charge is 0.161 e. The first-order valence-electron chi connectivity index (χ1n) is 5.37. The summed E-state index contributed by atoms with van der Waals surface area (Å²) in [6, 6.07) is 1.65. The summed E-state index contributed by atoms with van der Waals surface area (Å²) >= 11 is 12.1. The van der Waals surface area contributed by atoms with Crippen molar-refractivity contribution in [2.24, 2.45) is 5.84 Å². The van der Waals surface area contributed by atoms with Gasteiger partial charge in [0.1, 0.15) is 5.82 Å². The Bertz CT molecular complexity index is 394. The molecule has 1 aliphatic heterocycles. The molecule has 17 heavy (non-hydrogen) atoms. The summed E-state index contributed by atoms with van der Waals surface area (Å²) in [6.45, 7) is 3.06. The van der Waals surface area contributed by atoms with Crippen LogP contribution in [-0.2, 0) is 4.74 Å². The van der Waals surface area contributed by atoms with Gasteiger partial charge in [0.05, 0.1) is 16.7 Å². The third-order valence-corrected chi connectivity index (χ3v) is 3.14. The van der Waals surface area contributed by atoms with Crippen LogP contribution in [0.1, 0.15) is 6.42 Å². The van der Waals surface area contributed by atoms with Crippen LogP contribution in [0, 0.1) is 0 Å². The van der Waals surface area contributed by atoms with Crippen molar-refractivity contribution < 1.29 is 4.74 Å². The summed E-state index contributed by atoms with van der Waals surface area (Å²) in [5.74, 6) is 6.46. The van der Waals surface area contributed by atoms with Crippen molar-refractivity contribution in [3.8, 4) is 0 Å². The fourth-order valence-electron chi connectivity index (χ4n) is 1.74. The van der Waals surface area contributed by atoms with E-state index >= 15 is 0 Å². The van der Waals surface area contributed by atoms with Crippen molar-refractivity contribution in [2.45, 2.75) is 6.42 Å². The molecule has 0 spiro atoms. The Morgan fingerprint density at radius 1 is 1.29 bits per heavy atom. The van der Waals surface area contributed by atoms with Crippen LogP contribution in [0.2, 0.25) is 10.0 Å². The van der Waals surface area contributed by atoms with Crippen molar-refractivity contribution in [1.29, 1.82) is 0 Å². The number of nitrogens with zero attached hydrogens (tertiary/aromatic N) is 2. The Balaban J connectivity index is 2.29. The summed E-state index contributed by atoms with van der Waals surface area (Å²) in [5, 5.41) is 0.934. The van der Waals surface area contributed by atoms with Crippen LogP contribution < -0.4 is 16.2 Å². The molecule has 1 aromatic heterocycles. The minimum absolute atomic E-state index is 0.410. The number of nitrogen functional groups attached to an aromatic ring is 1. The summed E-state index contributed by atoms with van der Waals surface area (Å²) in [5.41, 5.74) is 2.46. The van der Waals surface area contributed by atoms with Gasteiger partial charge in [-0.2, -0.15) is 0 Å². The quantitative estimate of drug-likeness (QED) is 0.638. The Labute approximate surface area is 110 Å². The second kappa shape index (κ2) is 5.73. The maximum absolute atomic E-state index is 6.15. The van der Waals surface area contributed by atoms with Gasteiger partial charge in [-0.1, -0.05) is 23.2 Å². The minimum atomic E-state index is 0.410. The molecule has 0 bridgehead atoms. The number of pyridine rings is 1. The molecule has 1 fully saturated rings. The molecule has 3 N–H and O–H groups in total. The molecule has 1 saturated heterocycles. The van der Waals surface area contributed by atoms with Gasteiger partial charge in [-0.05, 0) is 12.5 Å². The van der Waals surface area contributed by atoms with Gasteiger partial charge < -0.3 is 15.1 Å². The third-order valence-electron chi connectivity index (χ3n) is 2.57. The van der Waals surface area contributed by atoms with E-state index in [-0.39, 0.29) is 0 Å². The van der Waals surface area contributed by atoms with E-state index in [4.69, 9.17) is 33.8 Å². The topological polar surface area (TPSA) is 63.4 Å². The van der Waals surface area contributed by atoms with Gasteiger partial charge in [-0.15, -0.1) is 0 Å². The Morgan fingerprint density at radius 2 is 2.12 bits per heavy atom. The molecule has 0 aliphatic carbocycles. The Morgan fingerprint density at radius 3 is 2.88 bits per heavy atom. The lowest BCUT2D eigenvalue weighted by atomic mass is 10.3. The van der Waals surface area contributed by atoms with E-state index in [0.717, 1.165) is 26.1 Å². The van der Waals surface area contributed by atoms with Gasteiger partial charge in [-0.3, -0.25) is 0 Å². The van der Waals surface area contributed by atoms with Crippen LogP contribution in [0.25, 0.3) is 0 Å². The number of hydrogen-bond acceptors (Lipinski definition) is 5. The lowest BCUT2D eigenvalue weighted by Gasteiger charge is -2.22. The summed E-state index contributed by atoms with van der Waals surface area (Å²) in [7, 11) is 0. The fourth-order valence-corrected chi connectivity index (χ4v) is 2.27. The normalized spacial score (nSPS) is 16.8. The van der Waals surface area contributed by atoms with Crippen LogP contribution in [0.4, 0.5) is 11.6 Å². The van der Waals surface area contributed by atoms with Crippen LogP contribution in [0.15, 0.2) is 6.07 Å². The SMILES string of the molecule is NNc1nc(N2CCCOCC2)c(Cl)cc1Cl. The first kappa shape index (κ1) is 12.7.